The number of hydrogen-bond acceptors (Lipinski definition) is 5. The minimum Gasteiger partial charge on any atom is -0.493 e. The lowest BCUT2D eigenvalue weighted by Gasteiger charge is -2.18. The first-order valence-corrected chi connectivity index (χ1v) is 10.6. The summed E-state index contributed by atoms with van der Waals surface area (Å²) in [5.41, 5.74) is -0.177. The molecule has 29 heavy (non-hydrogen) atoms. The molecule has 0 aromatic heterocycles. The predicted octanol–water partition coefficient (Wildman–Crippen LogP) is 3.17. The maximum Gasteiger partial charge on any atom is 0.262 e. The van der Waals surface area contributed by atoms with E-state index in [4.69, 9.17) is 9.47 Å². The Bertz CT molecular complexity index is 1020. The molecule has 0 saturated heterocycles. The first-order chi connectivity index (χ1) is 13.8. The Morgan fingerprint density at radius 3 is 2.45 bits per heavy atom. The van der Waals surface area contributed by atoms with Crippen LogP contribution in [0.25, 0.3) is 0 Å². The Kier molecular flexibility index (Phi) is 5.97. The van der Waals surface area contributed by atoms with Crippen molar-refractivity contribution in [3.8, 4) is 11.5 Å². The van der Waals surface area contributed by atoms with E-state index in [0.717, 1.165) is 18.9 Å². The molecule has 2 aromatic carbocycles. The summed E-state index contributed by atoms with van der Waals surface area (Å²) in [6.45, 7) is 1.90. The van der Waals surface area contributed by atoms with Crippen LogP contribution in [0.15, 0.2) is 41.3 Å². The van der Waals surface area contributed by atoms with Crippen molar-refractivity contribution in [1.82, 2.24) is 5.32 Å². The van der Waals surface area contributed by atoms with Crippen LogP contribution in [0.4, 0.5) is 10.1 Å². The third kappa shape index (κ3) is 4.61. The second-order valence-electron chi connectivity index (χ2n) is 6.89. The minimum atomic E-state index is -4.19. The quantitative estimate of drug-likeness (QED) is 0.682. The van der Waals surface area contributed by atoms with Gasteiger partial charge in [-0.3, -0.25) is 9.52 Å². The van der Waals surface area contributed by atoms with Crippen LogP contribution in [-0.2, 0) is 10.0 Å². The Balaban J connectivity index is 2.00. The minimum absolute atomic E-state index is 0.0215. The second kappa shape index (κ2) is 8.28. The van der Waals surface area contributed by atoms with Gasteiger partial charge in [-0.05, 0) is 43.9 Å². The highest BCUT2D eigenvalue weighted by atomic mass is 32.2. The Hall–Kier alpha value is -2.81. The van der Waals surface area contributed by atoms with Gasteiger partial charge in [0.05, 0.1) is 30.4 Å². The lowest BCUT2D eigenvalue weighted by atomic mass is 10.1. The number of halogens is 1. The van der Waals surface area contributed by atoms with E-state index in [9.17, 15) is 17.6 Å². The number of ether oxygens (including phenoxy) is 2. The summed E-state index contributed by atoms with van der Waals surface area (Å²) in [7, 11) is -1.48. The summed E-state index contributed by atoms with van der Waals surface area (Å²) in [6, 6.07) is 7.78. The molecule has 2 N–H and O–H groups in total. The molecular formula is C20H23FN2O5S. The van der Waals surface area contributed by atoms with Crippen molar-refractivity contribution in [3.63, 3.8) is 0 Å². The van der Waals surface area contributed by atoms with Gasteiger partial charge in [-0.25, -0.2) is 12.8 Å². The summed E-state index contributed by atoms with van der Waals surface area (Å²) in [5.74, 6) is -0.567. The summed E-state index contributed by atoms with van der Waals surface area (Å²) in [6.07, 6.45) is 2.09. The molecule has 1 saturated carbocycles. The van der Waals surface area contributed by atoms with Gasteiger partial charge in [0.15, 0.2) is 11.5 Å². The molecule has 0 spiro atoms. The third-order valence-electron chi connectivity index (χ3n) is 4.81. The number of benzene rings is 2. The lowest BCUT2D eigenvalue weighted by molar-refractivity contribution is 0.0932. The van der Waals surface area contributed by atoms with Gasteiger partial charge >= 0.3 is 0 Å². The number of carbonyl (C=O) groups is 1. The Morgan fingerprint density at radius 2 is 1.86 bits per heavy atom. The molecule has 9 heteroatoms. The summed E-state index contributed by atoms with van der Waals surface area (Å²) in [4.78, 5) is 12.6. The van der Waals surface area contributed by atoms with Crippen LogP contribution in [0, 0.1) is 11.7 Å². The van der Waals surface area contributed by atoms with E-state index in [2.05, 4.69) is 10.0 Å². The van der Waals surface area contributed by atoms with Crippen LogP contribution in [-0.4, -0.2) is 34.6 Å². The topological polar surface area (TPSA) is 93.7 Å². The largest absolute Gasteiger partial charge is 0.493 e. The maximum atomic E-state index is 13.9. The number of methoxy groups -OCH3 is 2. The van der Waals surface area contributed by atoms with Gasteiger partial charge < -0.3 is 14.8 Å². The molecule has 1 fully saturated rings. The van der Waals surface area contributed by atoms with Crippen molar-refractivity contribution in [2.24, 2.45) is 5.92 Å². The fourth-order valence-electron chi connectivity index (χ4n) is 3.01. The number of nitrogens with one attached hydrogen (secondary N) is 2. The van der Waals surface area contributed by atoms with Crippen LogP contribution >= 0.6 is 0 Å². The smallest absolute Gasteiger partial charge is 0.262 e. The summed E-state index contributed by atoms with van der Waals surface area (Å²) < 4.78 is 52.3. The molecule has 2 aromatic rings. The van der Waals surface area contributed by atoms with Crippen LogP contribution in [0.1, 0.15) is 30.1 Å². The van der Waals surface area contributed by atoms with Gasteiger partial charge in [-0.15, -0.1) is 0 Å². The van der Waals surface area contributed by atoms with Crippen molar-refractivity contribution >= 4 is 21.6 Å². The monoisotopic (exact) mass is 422 g/mol. The number of rotatable bonds is 8. The van der Waals surface area contributed by atoms with E-state index in [1.807, 2.05) is 6.92 Å². The molecule has 1 amide bonds. The highest BCUT2D eigenvalue weighted by Gasteiger charge is 2.31. The number of anilines is 1. The standard InChI is InChI=1S/C20H23FN2O5S/c1-12(13-8-9-13)22-20(24)15-10-14(11-18(27-2)19(15)28-3)29(25,26)23-17-7-5-4-6-16(17)21/h4-7,10-13,23H,8-9H2,1-3H3,(H,22,24). The molecule has 0 radical (unpaired) electrons. The van der Waals surface area contributed by atoms with Crippen LogP contribution < -0.4 is 19.5 Å². The molecule has 0 aliphatic heterocycles. The van der Waals surface area contributed by atoms with E-state index < -0.39 is 21.7 Å². The third-order valence-corrected chi connectivity index (χ3v) is 6.16. The Labute approximate surface area is 169 Å². The van der Waals surface area contributed by atoms with Gasteiger partial charge in [-0.2, -0.15) is 0 Å². The van der Waals surface area contributed by atoms with Crippen molar-refractivity contribution in [2.75, 3.05) is 18.9 Å². The number of amides is 1. The highest BCUT2D eigenvalue weighted by Crippen LogP contribution is 2.36. The molecule has 1 aliphatic carbocycles. The van der Waals surface area contributed by atoms with Crippen LogP contribution in [0.3, 0.4) is 0 Å². The second-order valence-corrected chi connectivity index (χ2v) is 8.57. The summed E-state index contributed by atoms with van der Waals surface area (Å²) in [5, 5.41) is 2.87. The molecule has 1 atom stereocenters. The van der Waals surface area contributed by atoms with E-state index in [1.165, 1.54) is 44.6 Å². The SMILES string of the molecule is COc1cc(S(=O)(=O)Nc2ccccc2F)cc(C(=O)NC(C)C2CC2)c1OC. The molecule has 156 valence electrons. The van der Waals surface area contributed by atoms with Crippen LogP contribution in [0.5, 0.6) is 11.5 Å². The predicted molar refractivity (Wildman–Crippen MR) is 106 cm³/mol. The first kappa shape index (κ1) is 20.9. The zero-order valence-corrected chi connectivity index (χ0v) is 17.2. The first-order valence-electron chi connectivity index (χ1n) is 9.11. The number of para-hydroxylation sites is 1. The Morgan fingerprint density at radius 1 is 1.17 bits per heavy atom. The average molecular weight is 422 g/mol. The van der Waals surface area contributed by atoms with E-state index in [0.29, 0.717) is 5.92 Å². The van der Waals surface area contributed by atoms with Gasteiger partial charge in [0.25, 0.3) is 15.9 Å². The molecule has 0 heterocycles. The van der Waals surface area contributed by atoms with E-state index >= 15 is 0 Å². The normalized spacial score (nSPS) is 14.8. The van der Waals surface area contributed by atoms with Crippen molar-refractivity contribution in [2.45, 2.75) is 30.7 Å². The number of sulfonamides is 1. The lowest BCUT2D eigenvalue weighted by Crippen LogP contribution is -2.34. The fraction of sp³-hybridized carbons (Fsp3) is 0.350. The van der Waals surface area contributed by atoms with Crippen molar-refractivity contribution < 1.29 is 27.1 Å². The molecule has 1 aliphatic rings. The zero-order chi connectivity index (χ0) is 21.2. The van der Waals surface area contributed by atoms with Gasteiger partial charge in [0.1, 0.15) is 5.82 Å². The van der Waals surface area contributed by atoms with Gasteiger partial charge in [-0.1, -0.05) is 12.1 Å². The van der Waals surface area contributed by atoms with Crippen molar-refractivity contribution in [1.29, 1.82) is 0 Å². The molecule has 3 rings (SSSR count). The van der Waals surface area contributed by atoms with Crippen LogP contribution in [0.2, 0.25) is 0 Å². The van der Waals surface area contributed by atoms with Gasteiger partial charge in [0, 0.05) is 12.1 Å². The molecule has 0 bridgehead atoms. The van der Waals surface area contributed by atoms with E-state index in [-0.39, 0.29) is 33.7 Å². The zero-order valence-electron chi connectivity index (χ0n) is 16.4. The molecular weight excluding hydrogens is 399 g/mol. The fourth-order valence-corrected chi connectivity index (χ4v) is 4.12. The summed E-state index contributed by atoms with van der Waals surface area (Å²) >= 11 is 0. The highest BCUT2D eigenvalue weighted by molar-refractivity contribution is 7.92. The number of hydrogen-bond donors (Lipinski definition) is 2. The van der Waals surface area contributed by atoms with E-state index in [1.54, 1.807) is 0 Å². The maximum absolute atomic E-state index is 13.9. The number of carbonyl (C=O) groups excluding carboxylic acids is 1. The van der Waals surface area contributed by atoms with Gasteiger partial charge in [0.2, 0.25) is 0 Å². The molecule has 1 unspecified atom stereocenters. The average Bonchev–Trinajstić information content (AvgIpc) is 3.53. The molecule has 7 nitrogen and oxygen atoms in total. The van der Waals surface area contributed by atoms with Crippen molar-refractivity contribution in [3.05, 3.63) is 47.8 Å².